The van der Waals surface area contributed by atoms with E-state index >= 15 is 0 Å². The van der Waals surface area contributed by atoms with Crippen molar-refractivity contribution in [2.75, 3.05) is 33.0 Å². The number of pyridine rings is 1. The molecule has 1 aliphatic rings. The summed E-state index contributed by atoms with van der Waals surface area (Å²) in [4.78, 5) is 14.8. The fraction of sp³-hybridized carbons (Fsp3) is 0.458. The summed E-state index contributed by atoms with van der Waals surface area (Å²) in [6, 6.07) is 8.91. The Hall–Kier alpha value is -2.69. The molecule has 2 N–H and O–H groups in total. The largest absolute Gasteiger partial charge is 0.490 e. The van der Waals surface area contributed by atoms with Gasteiger partial charge in [-0.05, 0) is 59.7 Å². The normalized spacial score (nSPS) is 18.2. The first kappa shape index (κ1) is 24.4. The lowest BCUT2D eigenvalue weighted by Crippen LogP contribution is -2.20. The fourth-order valence-corrected chi connectivity index (χ4v) is 4.54. The van der Waals surface area contributed by atoms with E-state index in [0.29, 0.717) is 37.5 Å². The van der Waals surface area contributed by atoms with Crippen molar-refractivity contribution in [3.05, 3.63) is 46.7 Å². The van der Waals surface area contributed by atoms with Crippen LogP contribution in [0.3, 0.4) is 0 Å². The molecular weight excluding hydrogens is 506 g/mol. The molecule has 0 radical (unpaired) electrons. The van der Waals surface area contributed by atoms with Crippen molar-refractivity contribution in [2.45, 2.75) is 31.7 Å². The van der Waals surface area contributed by atoms with Crippen LogP contribution < -0.4 is 9.47 Å². The molecule has 1 fully saturated rings. The summed E-state index contributed by atoms with van der Waals surface area (Å²) in [5.74, 6) is 0.276. The van der Waals surface area contributed by atoms with Crippen molar-refractivity contribution in [3.63, 3.8) is 0 Å². The highest BCUT2D eigenvalue weighted by Crippen LogP contribution is 2.34. The van der Waals surface area contributed by atoms with Gasteiger partial charge in [-0.25, -0.2) is 9.78 Å². The number of halogens is 1. The average molecular weight is 534 g/mol. The zero-order valence-corrected chi connectivity index (χ0v) is 20.3. The fourth-order valence-electron chi connectivity index (χ4n) is 4.07. The predicted octanol–water partition coefficient (Wildman–Crippen LogP) is 4.09. The zero-order chi connectivity index (χ0) is 23.9. The second-order valence-electron chi connectivity index (χ2n) is 8.28. The number of rotatable bonds is 11. The van der Waals surface area contributed by atoms with E-state index in [2.05, 4.69) is 31.8 Å². The van der Waals surface area contributed by atoms with Gasteiger partial charge in [0.25, 0.3) is 0 Å². The molecule has 2 heterocycles. The Labute approximate surface area is 205 Å². The average Bonchev–Trinajstić information content (AvgIpc) is 3.26. The number of aliphatic hydroxyl groups is 1. The molecule has 4 rings (SSSR count). The molecule has 182 valence electrons. The molecule has 0 aliphatic heterocycles. The minimum absolute atomic E-state index is 0.0618. The number of ether oxygens (including phenoxy) is 3. The smallest absolute Gasteiger partial charge is 0.354 e. The van der Waals surface area contributed by atoms with Gasteiger partial charge in [-0.15, -0.1) is 0 Å². The number of carboxylic acids is 1. The molecule has 0 bridgehead atoms. The van der Waals surface area contributed by atoms with Gasteiger partial charge in [0.2, 0.25) is 5.88 Å². The van der Waals surface area contributed by atoms with Crippen LogP contribution in [-0.4, -0.2) is 64.0 Å². The topological polar surface area (TPSA) is 116 Å². The van der Waals surface area contributed by atoms with Crippen LogP contribution in [0.4, 0.5) is 0 Å². The van der Waals surface area contributed by atoms with Gasteiger partial charge in [-0.3, -0.25) is 4.68 Å². The summed E-state index contributed by atoms with van der Waals surface area (Å²) in [5.41, 5.74) is 0.821. The number of aliphatic hydroxyl groups excluding tert-OH is 1. The van der Waals surface area contributed by atoms with Crippen LogP contribution >= 0.6 is 15.9 Å². The first-order valence-electron chi connectivity index (χ1n) is 11.4. The molecule has 1 aliphatic carbocycles. The van der Waals surface area contributed by atoms with Gasteiger partial charge in [-0.2, -0.15) is 5.10 Å². The lowest BCUT2D eigenvalue weighted by molar-refractivity contribution is 0.0683. The molecule has 34 heavy (non-hydrogen) atoms. The van der Waals surface area contributed by atoms with E-state index in [9.17, 15) is 9.90 Å². The molecule has 1 aromatic carbocycles. The highest BCUT2D eigenvalue weighted by molar-refractivity contribution is 9.10. The molecule has 1 saturated carbocycles. The van der Waals surface area contributed by atoms with Gasteiger partial charge in [0.1, 0.15) is 19.0 Å². The minimum Gasteiger partial charge on any atom is -0.490 e. The number of aromatic carboxylic acids is 1. The van der Waals surface area contributed by atoms with Gasteiger partial charge in [0, 0.05) is 30.3 Å². The summed E-state index contributed by atoms with van der Waals surface area (Å²) in [5, 5.41) is 24.1. The van der Waals surface area contributed by atoms with Crippen LogP contribution in [0.1, 0.15) is 42.2 Å². The summed E-state index contributed by atoms with van der Waals surface area (Å²) >= 11 is 3.58. The Morgan fingerprint density at radius 1 is 1.09 bits per heavy atom. The van der Waals surface area contributed by atoms with Crippen LogP contribution in [0.25, 0.3) is 10.9 Å². The van der Waals surface area contributed by atoms with Crippen LogP contribution in [0.5, 0.6) is 11.6 Å². The van der Waals surface area contributed by atoms with Gasteiger partial charge in [0.15, 0.2) is 5.69 Å². The van der Waals surface area contributed by atoms with Gasteiger partial charge < -0.3 is 24.4 Å². The SMILES string of the molecule is O=C(O)c1cccc(OCCOCCOc2cc3nn(C4CCC(CO)CC4)cc3cc2Br)n1. The minimum atomic E-state index is -1.10. The van der Waals surface area contributed by atoms with Gasteiger partial charge >= 0.3 is 5.97 Å². The molecule has 10 heteroatoms. The van der Waals surface area contributed by atoms with E-state index in [1.54, 1.807) is 12.1 Å². The van der Waals surface area contributed by atoms with Crippen LogP contribution in [-0.2, 0) is 4.74 Å². The summed E-state index contributed by atoms with van der Waals surface area (Å²) in [6.45, 7) is 1.59. The van der Waals surface area contributed by atoms with E-state index in [-0.39, 0.29) is 24.8 Å². The molecule has 0 spiro atoms. The molecule has 3 aromatic rings. The lowest BCUT2D eigenvalue weighted by atomic mass is 9.87. The number of carboxylic acid groups (broad SMARTS) is 1. The number of carbonyl (C=O) groups is 1. The van der Waals surface area contributed by atoms with Crippen molar-refractivity contribution < 1.29 is 29.2 Å². The third-order valence-corrected chi connectivity index (χ3v) is 6.55. The van der Waals surface area contributed by atoms with E-state index < -0.39 is 5.97 Å². The monoisotopic (exact) mass is 533 g/mol. The van der Waals surface area contributed by atoms with Crippen LogP contribution in [0.2, 0.25) is 0 Å². The van der Waals surface area contributed by atoms with Crippen molar-refractivity contribution in [1.82, 2.24) is 14.8 Å². The van der Waals surface area contributed by atoms with E-state index in [0.717, 1.165) is 41.1 Å². The molecule has 0 atom stereocenters. The third kappa shape index (κ3) is 6.25. The number of aromatic nitrogens is 3. The first-order chi connectivity index (χ1) is 16.5. The maximum absolute atomic E-state index is 10.9. The third-order valence-electron chi connectivity index (χ3n) is 5.93. The second kappa shape index (κ2) is 11.6. The molecular formula is C24H28BrN3O6. The summed E-state index contributed by atoms with van der Waals surface area (Å²) in [6.07, 6.45) is 6.22. The van der Waals surface area contributed by atoms with Crippen molar-refractivity contribution in [1.29, 1.82) is 0 Å². The summed E-state index contributed by atoms with van der Waals surface area (Å²) < 4.78 is 19.7. The number of hydrogen-bond donors (Lipinski definition) is 2. The Morgan fingerprint density at radius 3 is 2.59 bits per heavy atom. The Bertz CT molecular complexity index is 1110. The van der Waals surface area contributed by atoms with E-state index in [4.69, 9.17) is 24.4 Å². The van der Waals surface area contributed by atoms with Gasteiger partial charge in [-0.1, -0.05) is 6.07 Å². The molecule has 0 amide bonds. The van der Waals surface area contributed by atoms with Crippen molar-refractivity contribution in [3.8, 4) is 11.6 Å². The molecule has 2 aromatic heterocycles. The highest BCUT2D eigenvalue weighted by Gasteiger charge is 2.23. The number of fused-ring (bicyclic) bond motifs is 1. The van der Waals surface area contributed by atoms with Crippen molar-refractivity contribution >= 4 is 32.8 Å². The highest BCUT2D eigenvalue weighted by atomic mass is 79.9. The Morgan fingerprint density at radius 2 is 1.85 bits per heavy atom. The maximum Gasteiger partial charge on any atom is 0.354 e. The number of benzene rings is 1. The van der Waals surface area contributed by atoms with Crippen molar-refractivity contribution in [2.24, 2.45) is 5.92 Å². The number of hydrogen-bond acceptors (Lipinski definition) is 7. The van der Waals surface area contributed by atoms with E-state index in [1.807, 2.05) is 12.1 Å². The second-order valence-corrected chi connectivity index (χ2v) is 9.14. The van der Waals surface area contributed by atoms with Crippen LogP contribution in [0, 0.1) is 5.92 Å². The molecule has 9 nitrogen and oxygen atoms in total. The maximum atomic E-state index is 10.9. The quantitative estimate of drug-likeness (QED) is 0.354. The van der Waals surface area contributed by atoms with E-state index in [1.165, 1.54) is 6.07 Å². The first-order valence-corrected chi connectivity index (χ1v) is 12.2. The predicted molar refractivity (Wildman–Crippen MR) is 129 cm³/mol. The van der Waals surface area contributed by atoms with Crippen LogP contribution in [0.15, 0.2) is 41.0 Å². The number of nitrogens with zero attached hydrogens (tertiary/aromatic N) is 3. The molecule has 0 saturated heterocycles. The molecule has 0 unspecified atom stereocenters. The standard InChI is InChI=1S/C24H28BrN3O6/c25-19-12-17-14-28(18-6-4-16(15-29)5-7-18)27-21(17)13-22(19)33-10-8-32-9-11-34-23-3-1-2-20(26-23)24(30)31/h1-3,12-14,16,18,29H,4-11,15H2,(H,30,31). The summed E-state index contributed by atoms with van der Waals surface area (Å²) in [7, 11) is 0. The Balaban J connectivity index is 1.21. The lowest BCUT2D eigenvalue weighted by Gasteiger charge is -2.27. The zero-order valence-electron chi connectivity index (χ0n) is 18.7. The Kier molecular flexibility index (Phi) is 8.36. The van der Waals surface area contributed by atoms with Gasteiger partial charge in [0.05, 0.1) is 29.2 Å².